The molecule has 0 spiro atoms. The summed E-state index contributed by atoms with van der Waals surface area (Å²) in [4.78, 5) is 37.7. The van der Waals surface area contributed by atoms with Crippen LogP contribution in [0.1, 0.15) is 33.0 Å². The number of hydrogen-bond acceptors (Lipinski definition) is 4. The lowest BCUT2D eigenvalue weighted by atomic mass is 10.0. The van der Waals surface area contributed by atoms with Crippen LogP contribution in [0.2, 0.25) is 5.02 Å². The van der Waals surface area contributed by atoms with E-state index in [4.69, 9.17) is 39.5 Å². The lowest BCUT2D eigenvalue weighted by molar-refractivity contribution is -0.140. The van der Waals surface area contributed by atoms with Crippen molar-refractivity contribution in [3.05, 3.63) is 87.4 Å². The molecule has 0 saturated heterocycles. The Balaban J connectivity index is 1.49. The van der Waals surface area contributed by atoms with Crippen LogP contribution in [0.15, 0.2) is 48.5 Å². The zero-order valence-corrected chi connectivity index (χ0v) is 24.4. The van der Waals surface area contributed by atoms with Crippen molar-refractivity contribution < 1.29 is 41.1 Å². The maximum atomic E-state index is 14.8. The molecule has 15 heteroatoms. The van der Waals surface area contributed by atoms with Crippen molar-refractivity contribution >= 4 is 69.6 Å². The molecule has 4 rings (SSSR count). The number of carbonyl (C=O) groups excluding carboxylic acids is 3. The highest BCUT2D eigenvalue weighted by molar-refractivity contribution is 6.53. The summed E-state index contributed by atoms with van der Waals surface area (Å²) >= 11 is 18.7. The van der Waals surface area contributed by atoms with Crippen LogP contribution in [0.5, 0.6) is 0 Å². The van der Waals surface area contributed by atoms with E-state index in [1.807, 2.05) is 0 Å². The van der Waals surface area contributed by atoms with Crippen LogP contribution < -0.4 is 16.0 Å². The fraction of sp³-hybridized carbons (Fsp3) is 0.250. The smallest absolute Gasteiger partial charge is 0.375 e. The molecule has 0 aliphatic heterocycles. The Labute approximate surface area is 256 Å². The number of hydrogen-bond donors (Lipinski definition) is 3. The van der Waals surface area contributed by atoms with E-state index in [0.29, 0.717) is 12.1 Å². The third-order valence-corrected chi connectivity index (χ3v) is 7.92. The predicted molar refractivity (Wildman–Crippen MR) is 152 cm³/mol. The molecule has 0 unspecified atom stereocenters. The van der Waals surface area contributed by atoms with Gasteiger partial charge in [0.2, 0.25) is 11.8 Å². The Morgan fingerprint density at radius 3 is 2.30 bits per heavy atom. The number of benzene rings is 3. The minimum atomic E-state index is -4.97. The Kier molecular flexibility index (Phi) is 9.27. The number of amides is 3. The first-order valence-corrected chi connectivity index (χ1v) is 13.4. The molecule has 3 N–H and O–H groups in total. The van der Waals surface area contributed by atoms with Crippen LogP contribution in [-0.2, 0) is 20.5 Å². The van der Waals surface area contributed by atoms with Gasteiger partial charge in [-0.3, -0.25) is 14.4 Å². The van der Waals surface area contributed by atoms with Crippen molar-refractivity contribution in [2.75, 3.05) is 29.7 Å². The van der Waals surface area contributed by atoms with Gasteiger partial charge >= 0.3 is 6.18 Å². The number of alkyl halides is 5. The number of rotatable bonds is 8. The van der Waals surface area contributed by atoms with Crippen LogP contribution in [0.3, 0.4) is 0 Å². The molecule has 0 bridgehead atoms. The maximum Gasteiger partial charge on any atom is 0.419 e. The standard InChI is InChI=1S/C28H21Cl3F5N3O4/c1-12-15(5-8-19(24(12)33)38-21(40)11-43-2)25(41)39-20-10-14(4-6-17(20)29)37-26(42)23-22(27(23,30)31)13-3-7-18(32)16(9-13)28(34,35)36/h3-10,22-23H,11H2,1-2H3,(H,37,42)(H,38,40)(H,39,41)/t22-,23+/m0/s1. The van der Waals surface area contributed by atoms with Crippen LogP contribution in [0, 0.1) is 24.5 Å². The molecular formula is C28H21Cl3F5N3O4. The fourth-order valence-electron chi connectivity index (χ4n) is 4.47. The van der Waals surface area contributed by atoms with Gasteiger partial charge in [0.05, 0.1) is 27.9 Å². The molecule has 7 nitrogen and oxygen atoms in total. The van der Waals surface area contributed by atoms with Gasteiger partial charge in [0.1, 0.15) is 22.6 Å². The topological polar surface area (TPSA) is 96.5 Å². The quantitative estimate of drug-likeness (QED) is 0.174. The Morgan fingerprint density at radius 2 is 1.65 bits per heavy atom. The first-order valence-electron chi connectivity index (χ1n) is 12.3. The van der Waals surface area contributed by atoms with Crippen molar-refractivity contribution in [3.63, 3.8) is 0 Å². The minimum absolute atomic E-state index is 0.0328. The third kappa shape index (κ3) is 6.87. The molecule has 3 aromatic rings. The zero-order chi connectivity index (χ0) is 31.9. The van der Waals surface area contributed by atoms with Gasteiger partial charge < -0.3 is 20.7 Å². The van der Waals surface area contributed by atoms with Gasteiger partial charge in [-0.1, -0.05) is 17.7 Å². The van der Waals surface area contributed by atoms with E-state index in [0.717, 1.165) is 6.07 Å². The van der Waals surface area contributed by atoms with Gasteiger partial charge in [0.15, 0.2) is 0 Å². The fourth-order valence-corrected chi connectivity index (χ4v) is 5.47. The Morgan fingerprint density at radius 1 is 0.953 bits per heavy atom. The summed E-state index contributed by atoms with van der Waals surface area (Å²) in [5.41, 5.74) is -1.72. The van der Waals surface area contributed by atoms with E-state index in [1.54, 1.807) is 0 Å². The van der Waals surface area contributed by atoms with Crippen LogP contribution in [0.25, 0.3) is 0 Å². The first-order chi connectivity index (χ1) is 20.1. The second-order valence-corrected chi connectivity index (χ2v) is 11.4. The summed E-state index contributed by atoms with van der Waals surface area (Å²) in [6.07, 6.45) is -4.97. The second kappa shape index (κ2) is 12.3. The first kappa shape index (κ1) is 32.5. The number of carbonyl (C=O) groups is 3. The highest BCUT2D eigenvalue weighted by Crippen LogP contribution is 2.65. The van der Waals surface area contributed by atoms with Crippen LogP contribution in [-0.4, -0.2) is 35.8 Å². The summed E-state index contributed by atoms with van der Waals surface area (Å²) < 4.78 is 71.1. The van der Waals surface area contributed by atoms with E-state index in [1.165, 1.54) is 44.4 Å². The Hall–Kier alpha value is -3.45. The van der Waals surface area contributed by atoms with Crippen LogP contribution in [0.4, 0.5) is 39.0 Å². The van der Waals surface area contributed by atoms with E-state index in [-0.39, 0.29) is 45.4 Å². The molecular weight excluding hydrogens is 644 g/mol. The zero-order valence-electron chi connectivity index (χ0n) is 22.1. The third-order valence-electron chi connectivity index (χ3n) is 6.65. The summed E-state index contributed by atoms with van der Waals surface area (Å²) in [5, 5.41) is 7.44. The lowest BCUT2D eigenvalue weighted by Crippen LogP contribution is -2.20. The summed E-state index contributed by atoms with van der Waals surface area (Å²) in [6, 6.07) is 8.80. The molecule has 1 aliphatic rings. The van der Waals surface area contributed by atoms with E-state index >= 15 is 0 Å². The molecule has 1 saturated carbocycles. The molecule has 0 heterocycles. The molecule has 0 aromatic heterocycles. The average molecular weight is 665 g/mol. The molecule has 3 amide bonds. The molecule has 3 aromatic carbocycles. The van der Waals surface area contributed by atoms with Crippen molar-refractivity contribution in [2.24, 2.45) is 5.92 Å². The maximum absolute atomic E-state index is 14.8. The molecule has 228 valence electrons. The van der Waals surface area contributed by atoms with E-state index in [2.05, 4.69) is 16.0 Å². The summed E-state index contributed by atoms with van der Waals surface area (Å²) in [6.45, 7) is 1.04. The predicted octanol–water partition coefficient (Wildman–Crippen LogP) is 7.31. The van der Waals surface area contributed by atoms with Gasteiger partial charge in [0, 0.05) is 24.3 Å². The number of anilines is 3. The van der Waals surface area contributed by atoms with E-state index < -0.39 is 57.3 Å². The normalized spacial score (nSPS) is 17.3. The molecule has 0 radical (unpaired) electrons. The molecule has 1 fully saturated rings. The average Bonchev–Trinajstić information content (AvgIpc) is 3.50. The molecule has 1 aliphatic carbocycles. The van der Waals surface area contributed by atoms with Gasteiger partial charge in [-0.25, -0.2) is 8.78 Å². The number of halogens is 8. The highest BCUT2D eigenvalue weighted by atomic mass is 35.5. The summed E-state index contributed by atoms with van der Waals surface area (Å²) in [5.74, 6) is -6.67. The minimum Gasteiger partial charge on any atom is -0.375 e. The van der Waals surface area contributed by atoms with Gasteiger partial charge in [-0.05, 0) is 60.5 Å². The highest BCUT2D eigenvalue weighted by Gasteiger charge is 2.67. The molecule has 43 heavy (non-hydrogen) atoms. The lowest BCUT2D eigenvalue weighted by Gasteiger charge is -2.14. The van der Waals surface area contributed by atoms with Crippen molar-refractivity contribution in [2.45, 2.75) is 23.4 Å². The largest absolute Gasteiger partial charge is 0.419 e. The van der Waals surface area contributed by atoms with E-state index in [9.17, 15) is 36.3 Å². The van der Waals surface area contributed by atoms with Gasteiger partial charge in [-0.2, -0.15) is 13.2 Å². The van der Waals surface area contributed by atoms with Gasteiger partial charge in [-0.15, -0.1) is 23.2 Å². The monoisotopic (exact) mass is 663 g/mol. The van der Waals surface area contributed by atoms with Crippen molar-refractivity contribution in [1.82, 2.24) is 0 Å². The Bertz CT molecular complexity index is 1620. The second-order valence-electron chi connectivity index (χ2n) is 9.59. The van der Waals surface area contributed by atoms with Crippen molar-refractivity contribution in [1.29, 1.82) is 0 Å². The number of ether oxygens (including phenoxy) is 1. The number of nitrogens with one attached hydrogen (secondary N) is 3. The SMILES string of the molecule is COCC(=O)Nc1ccc(C(=O)Nc2cc(NC(=O)[C@H]3[C@H](c4ccc(F)c(C(F)(F)F)c4)C3(Cl)Cl)ccc2Cl)c(C)c1F. The van der Waals surface area contributed by atoms with Gasteiger partial charge in [0.25, 0.3) is 5.91 Å². The molecule has 2 atom stereocenters. The van der Waals surface area contributed by atoms with Crippen LogP contribution >= 0.6 is 34.8 Å². The summed E-state index contributed by atoms with van der Waals surface area (Å²) in [7, 11) is 1.30. The number of methoxy groups -OCH3 is 1. The van der Waals surface area contributed by atoms with Crippen molar-refractivity contribution in [3.8, 4) is 0 Å².